The molecule has 0 saturated heterocycles. The van der Waals surface area contributed by atoms with Crippen molar-refractivity contribution in [3.05, 3.63) is 51.9 Å². The van der Waals surface area contributed by atoms with Gasteiger partial charge in [-0.05, 0) is 6.07 Å². The van der Waals surface area contributed by atoms with Crippen LogP contribution in [-0.2, 0) is 6.54 Å². The highest BCUT2D eigenvalue weighted by Crippen LogP contribution is 2.41. The number of anilines is 1. The molecule has 8 heteroatoms. The Bertz CT molecular complexity index is 835. The number of hydrazone groups is 1. The summed E-state index contributed by atoms with van der Waals surface area (Å²) in [5, 5.41) is 8.46. The quantitative estimate of drug-likeness (QED) is 0.555. The van der Waals surface area contributed by atoms with Crippen LogP contribution >= 0.6 is 38.5 Å². The molecule has 0 N–H and O–H groups in total. The first-order valence-electron chi connectivity index (χ1n) is 6.97. The second kappa shape index (κ2) is 5.90. The number of halogens is 2. The molecule has 2 aliphatic rings. The van der Waals surface area contributed by atoms with E-state index < -0.39 is 0 Å². The number of benzene rings is 1. The molecule has 1 aromatic carbocycles. The number of nitrogens with zero attached hydrogens (tertiary/aromatic N) is 4. The Morgan fingerprint density at radius 1 is 1.30 bits per heavy atom. The summed E-state index contributed by atoms with van der Waals surface area (Å²) >= 11 is 9.83. The van der Waals surface area contributed by atoms with E-state index >= 15 is 0 Å². The topological polar surface area (TPSA) is 40.4 Å². The second-order valence-electron chi connectivity index (χ2n) is 5.07. The number of amidine groups is 1. The molecule has 0 spiro atoms. The van der Waals surface area contributed by atoms with E-state index in [0.717, 1.165) is 27.7 Å². The molecule has 0 aliphatic carbocycles. The lowest BCUT2D eigenvalue weighted by Crippen LogP contribution is -2.34. The van der Waals surface area contributed by atoms with Gasteiger partial charge in [-0.15, -0.1) is 5.10 Å². The fourth-order valence-corrected chi connectivity index (χ4v) is 4.79. The van der Waals surface area contributed by atoms with E-state index in [4.69, 9.17) is 20.8 Å². The predicted octanol–water partition coefficient (Wildman–Crippen LogP) is 3.85. The van der Waals surface area contributed by atoms with E-state index in [9.17, 15) is 0 Å². The van der Waals surface area contributed by atoms with Crippen molar-refractivity contribution in [3.8, 4) is 0 Å². The molecule has 0 bridgehead atoms. The van der Waals surface area contributed by atoms with Crippen molar-refractivity contribution in [1.82, 2.24) is 4.03 Å². The van der Waals surface area contributed by atoms with Crippen molar-refractivity contribution in [2.45, 2.75) is 6.54 Å². The van der Waals surface area contributed by atoms with Gasteiger partial charge in [0.15, 0.2) is 22.0 Å². The van der Waals surface area contributed by atoms with Gasteiger partial charge >= 0.3 is 0 Å². The van der Waals surface area contributed by atoms with Crippen LogP contribution in [0.15, 0.2) is 45.8 Å². The van der Waals surface area contributed by atoms with Crippen LogP contribution in [0.25, 0.3) is 0 Å². The Morgan fingerprint density at radius 2 is 2.13 bits per heavy atom. The third kappa shape index (κ3) is 2.48. The minimum absolute atomic E-state index is 0.374. The van der Waals surface area contributed by atoms with Crippen molar-refractivity contribution < 1.29 is 4.18 Å². The van der Waals surface area contributed by atoms with Crippen LogP contribution in [0.1, 0.15) is 11.1 Å². The van der Waals surface area contributed by atoms with Crippen molar-refractivity contribution in [3.63, 3.8) is 0 Å². The van der Waals surface area contributed by atoms with Crippen molar-refractivity contribution in [2.75, 3.05) is 18.7 Å². The largest absolute Gasteiger partial charge is 0.291 e. The Hall–Kier alpha value is -1.41. The third-order valence-electron chi connectivity index (χ3n) is 3.75. The molecule has 1 atom stereocenters. The maximum absolute atomic E-state index is 6.38. The van der Waals surface area contributed by atoms with E-state index in [1.165, 1.54) is 0 Å². The van der Waals surface area contributed by atoms with Crippen LogP contribution in [0.4, 0.5) is 5.00 Å². The summed E-state index contributed by atoms with van der Waals surface area (Å²) in [6.07, 6.45) is 0. The standard InChI is InChI=1S/C15H13BrClN4OS/c1-22-23-7-6-10-8-18-13(11-4-2-3-5-12(11)17)14-19-21(16)9-20(14)15(10)23/h2-7H,8-9H2,1H3/q+1. The number of hydrogen-bond donors (Lipinski definition) is 0. The molecule has 1 aromatic heterocycles. The summed E-state index contributed by atoms with van der Waals surface area (Å²) in [5.41, 5.74) is 2.86. The summed E-state index contributed by atoms with van der Waals surface area (Å²) in [4.78, 5) is 6.94. The van der Waals surface area contributed by atoms with Crippen LogP contribution in [0.2, 0.25) is 5.02 Å². The number of fused-ring (bicyclic) bond motifs is 3. The highest BCUT2D eigenvalue weighted by molar-refractivity contribution is 9.07. The zero-order chi connectivity index (χ0) is 16.0. The van der Waals surface area contributed by atoms with Crippen LogP contribution in [0.5, 0.6) is 0 Å². The summed E-state index contributed by atoms with van der Waals surface area (Å²) < 4.78 is 7.34. The molecular formula is C15H13BrClN4OS+. The lowest BCUT2D eigenvalue weighted by Gasteiger charge is -2.15. The number of hydrogen-bond acceptors (Lipinski definition) is 5. The van der Waals surface area contributed by atoms with E-state index in [1.54, 1.807) is 11.1 Å². The molecule has 5 nitrogen and oxygen atoms in total. The lowest BCUT2D eigenvalue weighted by atomic mass is 10.1. The molecule has 3 heterocycles. The third-order valence-corrected chi connectivity index (χ3v) is 6.07. The van der Waals surface area contributed by atoms with Crippen molar-refractivity contribution >= 4 is 55.0 Å². The summed E-state index contributed by atoms with van der Waals surface area (Å²) in [5.74, 6) is 0.790. The summed E-state index contributed by atoms with van der Waals surface area (Å²) in [7, 11) is 1.35. The molecule has 0 saturated carbocycles. The van der Waals surface area contributed by atoms with Crippen molar-refractivity contribution in [2.24, 2.45) is 10.1 Å². The first-order valence-corrected chi connectivity index (χ1v) is 9.27. The van der Waals surface area contributed by atoms with Gasteiger partial charge in [-0.1, -0.05) is 29.8 Å². The smallest absolute Gasteiger partial charge is 0.276 e. The summed E-state index contributed by atoms with van der Waals surface area (Å²) in [6.45, 7) is 1.20. The first kappa shape index (κ1) is 15.1. The predicted molar refractivity (Wildman–Crippen MR) is 98.7 cm³/mol. The van der Waals surface area contributed by atoms with E-state index in [0.29, 0.717) is 18.2 Å². The van der Waals surface area contributed by atoms with Gasteiger partial charge in [0.1, 0.15) is 12.4 Å². The minimum atomic E-state index is -0.374. The zero-order valence-corrected chi connectivity index (χ0v) is 15.4. The van der Waals surface area contributed by atoms with E-state index in [2.05, 4.69) is 37.6 Å². The van der Waals surface area contributed by atoms with E-state index in [-0.39, 0.29) is 10.8 Å². The molecule has 23 heavy (non-hydrogen) atoms. The SMILES string of the molecule is CO[s+]1ccc2c1N1CN(Br)N=C1C(c1ccccc1Cl)=NC2. The van der Waals surface area contributed by atoms with Gasteiger partial charge < -0.3 is 0 Å². The second-order valence-corrected chi connectivity index (χ2v) is 7.88. The Labute approximate surface area is 150 Å². The average molecular weight is 413 g/mol. The molecule has 118 valence electrons. The van der Waals surface area contributed by atoms with Crippen LogP contribution in [-0.4, -0.2) is 29.4 Å². The van der Waals surface area contributed by atoms with Gasteiger partial charge in [-0.25, -0.2) is 4.03 Å². The van der Waals surface area contributed by atoms with Gasteiger partial charge in [0.2, 0.25) is 0 Å². The first-order chi connectivity index (χ1) is 11.2. The average Bonchev–Trinajstić information content (AvgIpc) is 3.09. The molecule has 2 aliphatic heterocycles. The maximum Gasteiger partial charge on any atom is 0.291 e. The molecule has 4 rings (SSSR count). The fourth-order valence-electron chi connectivity index (χ4n) is 2.75. The Morgan fingerprint density at radius 3 is 2.91 bits per heavy atom. The van der Waals surface area contributed by atoms with Gasteiger partial charge in [-0.2, -0.15) is 4.18 Å². The minimum Gasteiger partial charge on any atom is -0.276 e. The molecular weight excluding hydrogens is 400 g/mol. The van der Waals surface area contributed by atoms with Crippen molar-refractivity contribution in [1.29, 1.82) is 0 Å². The number of rotatable bonds is 2. The Balaban J connectivity index is 1.88. The highest BCUT2D eigenvalue weighted by Gasteiger charge is 2.39. The fraction of sp³-hybridized carbons (Fsp3) is 0.200. The molecule has 0 amide bonds. The lowest BCUT2D eigenvalue weighted by molar-refractivity contribution is 0.548. The maximum atomic E-state index is 6.38. The number of thiophene rings is 1. The van der Waals surface area contributed by atoms with Crippen LogP contribution in [0.3, 0.4) is 0 Å². The van der Waals surface area contributed by atoms with Gasteiger partial charge in [0.05, 0.1) is 40.4 Å². The van der Waals surface area contributed by atoms with E-state index in [1.807, 2.05) is 24.3 Å². The molecule has 0 radical (unpaired) electrons. The van der Waals surface area contributed by atoms with Gasteiger partial charge in [-0.3, -0.25) is 9.89 Å². The molecule has 1 unspecified atom stereocenters. The molecule has 2 aromatic rings. The molecule has 0 fully saturated rings. The van der Waals surface area contributed by atoms with Crippen LogP contribution < -0.4 is 9.08 Å². The highest BCUT2D eigenvalue weighted by atomic mass is 79.9. The van der Waals surface area contributed by atoms with Crippen LogP contribution in [0, 0.1) is 0 Å². The van der Waals surface area contributed by atoms with Gasteiger partial charge in [0, 0.05) is 11.6 Å². The summed E-state index contributed by atoms with van der Waals surface area (Å²) in [6, 6.07) is 9.81. The zero-order valence-electron chi connectivity index (χ0n) is 12.2. The van der Waals surface area contributed by atoms with Gasteiger partial charge in [0.25, 0.3) is 5.00 Å². The normalized spacial score (nSPS) is 17.4. The Kier molecular flexibility index (Phi) is 3.88. The monoisotopic (exact) mass is 411 g/mol. The number of aliphatic imine (C=N–C) groups is 1.